The van der Waals surface area contributed by atoms with Crippen LogP contribution < -0.4 is 21.3 Å². The van der Waals surface area contributed by atoms with Crippen molar-refractivity contribution in [1.82, 2.24) is 0 Å². The number of carbonyl (C=O) groups is 4. The fourth-order valence-corrected chi connectivity index (χ4v) is 7.54. The number of phenols is 1. The van der Waals surface area contributed by atoms with Crippen LogP contribution in [0.4, 0.5) is 21.9 Å². The summed E-state index contributed by atoms with van der Waals surface area (Å²) in [7, 11) is 3.89. The standard InChI is InChI=1S/C37H34N4O10/c1-15-20-10-11-22(40-36(49)39-18-7-4-16(5-8-18)24-12-17-6-9-19(41(2)3)13-25(17)51-24)31(44)27(20)32(45)29-26(15)30(43)21-14-23(42)28(35(38)48)33(46)37(21,50)34(29)47/h4-13,15,21,26,30,43-46,50H,14H2,1-3H3,(H2,38,48)(H2,39,40,49). The molecule has 0 bridgehead atoms. The summed E-state index contributed by atoms with van der Waals surface area (Å²) < 4.78 is 6.05. The topological polar surface area (TPSA) is 236 Å². The molecule has 0 saturated heterocycles. The summed E-state index contributed by atoms with van der Waals surface area (Å²) in [5, 5.41) is 62.6. The molecule has 7 rings (SSSR count). The van der Waals surface area contributed by atoms with Gasteiger partial charge in [-0.1, -0.05) is 13.0 Å². The molecule has 0 radical (unpaired) electrons. The van der Waals surface area contributed by atoms with Crippen LogP contribution in [0, 0.1) is 11.8 Å². The zero-order valence-corrected chi connectivity index (χ0v) is 27.6. The Labute approximate surface area is 290 Å². The van der Waals surface area contributed by atoms with Gasteiger partial charge in [0.25, 0.3) is 5.91 Å². The first kappa shape index (κ1) is 33.4. The maximum atomic E-state index is 13.9. The van der Waals surface area contributed by atoms with Crippen molar-refractivity contribution in [2.75, 3.05) is 29.6 Å². The highest BCUT2D eigenvalue weighted by atomic mass is 16.4. The van der Waals surface area contributed by atoms with Crippen LogP contribution in [0.2, 0.25) is 0 Å². The summed E-state index contributed by atoms with van der Waals surface area (Å²) >= 11 is 0. The zero-order valence-electron chi connectivity index (χ0n) is 27.6. The highest BCUT2D eigenvalue weighted by Crippen LogP contribution is 2.56. The van der Waals surface area contributed by atoms with Crippen LogP contribution in [0.1, 0.15) is 30.4 Å². The van der Waals surface area contributed by atoms with Crippen LogP contribution >= 0.6 is 0 Å². The number of primary amides is 1. The summed E-state index contributed by atoms with van der Waals surface area (Å²) in [5.74, 6) is -9.14. The molecule has 5 unspecified atom stereocenters. The van der Waals surface area contributed by atoms with Crippen molar-refractivity contribution < 1.29 is 49.1 Å². The van der Waals surface area contributed by atoms with Gasteiger partial charge in [-0.05, 0) is 60.0 Å². The van der Waals surface area contributed by atoms with Crippen molar-refractivity contribution >= 4 is 57.3 Å². The molecule has 3 amide bonds. The van der Waals surface area contributed by atoms with Gasteiger partial charge in [-0.3, -0.25) is 14.4 Å². The van der Waals surface area contributed by atoms with E-state index in [0.717, 1.165) is 22.2 Å². The number of amides is 3. The molecule has 3 aliphatic rings. The lowest BCUT2D eigenvalue weighted by Gasteiger charge is -2.50. The highest BCUT2D eigenvalue weighted by Gasteiger charge is 2.64. The lowest BCUT2D eigenvalue weighted by atomic mass is 9.55. The number of nitrogens with zero attached hydrogens (tertiary/aromatic N) is 1. The van der Waals surface area contributed by atoms with E-state index in [1.807, 2.05) is 43.3 Å². The van der Waals surface area contributed by atoms with E-state index in [9.17, 15) is 44.7 Å². The second-order valence-electron chi connectivity index (χ2n) is 13.3. The van der Waals surface area contributed by atoms with E-state index in [1.54, 1.807) is 31.2 Å². The Kier molecular flexibility index (Phi) is 7.69. The molecule has 1 heterocycles. The third kappa shape index (κ3) is 5.02. The Morgan fingerprint density at radius 3 is 2.35 bits per heavy atom. The number of ketones is 2. The van der Waals surface area contributed by atoms with E-state index in [1.165, 1.54) is 12.1 Å². The van der Waals surface area contributed by atoms with Crippen molar-refractivity contribution in [3.63, 3.8) is 0 Å². The lowest BCUT2D eigenvalue weighted by Crippen LogP contribution is -2.63. The number of benzene rings is 3. The molecule has 5 atom stereocenters. The van der Waals surface area contributed by atoms with E-state index in [0.29, 0.717) is 17.0 Å². The number of anilines is 3. The van der Waals surface area contributed by atoms with Gasteiger partial charge in [0, 0.05) is 66.3 Å². The fraction of sp³-hybridized carbons (Fsp3) is 0.243. The Bertz CT molecular complexity index is 2250. The van der Waals surface area contributed by atoms with Gasteiger partial charge in [0.15, 0.2) is 11.4 Å². The average molecular weight is 695 g/mol. The molecule has 1 saturated carbocycles. The molecule has 1 fully saturated rings. The zero-order chi connectivity index (χ0) is 36.7. The molecule has 262 valence electrons. The van der Waals surface area contributed by atoms with Gasteiger partial charge >= 0.3 is 6.03 Å². The van der Waals surface area contributed by atoms with E-state index < -0.39 is 87.8 Å². The number of hydrogen-bond donors (Lipinski definition) is 8. The van der Waals surface area contributed by atoms with Crippen molar-refractivity contribution in [2.24, 2.45) is 17.6 Å². The van der Waals surface area contributed by atoms with E-state index in [4.69, 9.17) is 10.2 Å². The molecule has 0 spiro atoms. The number of aliphatic hydroxyl groups excluding tert-OH is 3. The van der Waals surface area contributed by atoms with E-state index in [2.05, 4.69) is 10.6 Å². The number of fused-ring (bicyclic) bond motifs is 4. The number of aromatic hydroxyl groups is 1. The Balaban J connectivity index is 1.15. The SMILES string of the molecule is CC1c2ccc(NC(=O)Nc3ccc(-c4cc5ccc(N(C)C)cc5o4)cc3)c(O)c2C(O)=C2C(=O)C3(O)C(O)=C(C(N)=O)C(=O)CC3C(O)C21. The molecule has 51 heavy (non-hydrogen) atoms. The first-order valence-corrected chi connectivity index (χ1v) is 16.0. The predicted octanol–water partition coefficient (Wildman–Crippen LogP) is 4.08. The second kappa shape index (κ2) is 11.7. The minimum Gasteiger partial charge on any atom is -0.508 e. The number of nitrogens with one attached hydrogen (secondary N) is 2. The Morgan fingerprint density at radius 2 is 1.69 bits per heavy atom. The number of Topliss-reactive ketones (excluding diaryl/α,β-unsaturated/α-hetero) is 2. The molecular weight excluding hydrogens is 660 g/mol. The van der Waals surface area contributed by atoms with Gasteiger partial charge in [0.1, 0.15) is 34.2 Å². The van der Waals surface area contributed by atoms with Gasteiger partial charge in [-0.25, -0.2) is 4.79 Å². The van der Waals surface area contributed by atoms with Crippen molar-refractivity contribution in [3.8, 4) is 17.1 Å². The summed E-state index contributed by atoms with van der Waals surface area (Å²) in [6.07, 6.45) is -2.31. The maximum Gasteiger partial charge on any atom is 0.323 e. The molecule has 14 nitrogen and oxygen atoms in total. The third-order valence-corrected chi connectivity index (χ3v) is 10.2. The summed E-state index contributed by atoms with van der Waals surface area (Å²) in [5.41, 5.74) is 3.64. The number of furan rings is 1. The van der Waals surface area contributed by atoms with Crippen LogP contribution in [0.5, 0.6) is 5.75 Å². The fourth-order valence-electron chi connectivity index (χ4n) is 7.54. The van der Waals surface area contributed by atoms with Crippen LogP contribution in [-0.2, 0) is 14.4 Å². The molecule has 4 aromatic rings. The highest BCUT2D eigenvalue weighted by molar-refractivity contribution is 6.23. The number of rotatable bonds is 5. The summed E-state index contributed by atoms with van der Waals surface area (Å²) in [6.45, 7) is 1.61. The summed E-state index contributed by atoms with van der Waals surface area (Å²) in [6, 6.07) is 16.9. The minimum absolute atomic E-state index is 0.137. The lowest BCUT2D eigenvalue weighted by molar-refractivity contribution is -0.160. The molecule has 9 N–H and O–H groups in total. The molecule has 14 heteroatoms. The van der Waals surface area contributed by atoms with E-state index in [-0.39, 0.29) is 11.3 Å². The number of aliphatic hydroxyl groups is 4. The first-order chi connectivity index (χ1) is 24.1. The molecule has 1 aromatic heterocycles. The number of nitrogens with two attached hydrogens (primary N) is 1. The van der Waals surface area contributed by atoms with Crippen molar-refractivity contribution in [3.05, 3.63) is 88.7 Å². The largest absolute Gasteiger partial charge is 0.508 e. The maximum absolute atomic E-state index is 13.9. The molecule has 3 aromatic carbocycles. The number of phenolic OH excluding ortho intramolecular Hbond substituents is 1. The van der Waals surface area contributed by atoms with Gasteiger partial charge in [-0.15, -0.1) is 0 Å². The quantitative estimate of drug-likeness (QED) is 0.109. The third-order valence-electron chi connectivity index (χ3n) is 10.2. The van der Waals surface area contributed by atoms with Crippen LogP contribution in [0.3, 0.4) is 0 Å². The predicted molar refractivity (Wildman–Crippen MR) is 186 cm³/mol. The molecule has 0 aliphatic heterocycles. The van der Waals surface area contributed by atoms with Gasteiger partial charge in [0.05, 0.1) is 17.4 Å². The normalized spacial score (nSPS) is 24.2. The number of carbonyl (C=O) groups excluding carboxylic acids is 4. The molecule has 3 aliphatic carbocycles. The van der Waals surface area contributed by atoms with Gasteiger partial charge in [0.2, 0.25) is 5.78 Å². The van der Waals surface area contributed by atoms with E-state index >= 15 is 0 Å². The molecular formula is C37H34N4O10. The monoisotopic (exact) mass is 694 g/mol. The van der Waals surface area contributed by atoms with Crippen LogP contribution in [-0.4, -0.2) is 74.8 Å². The number of hydrogen-bond acceptors (Lipinski definition) is 11. The van der Waals surface area contributed by atoms with Crippen molar-refractivity contribution in [2.45, 2.75) is 31.0 Å². The van der Waals surface area contributed by atoms with Gasteiger partial charge < -0.3 is 51.2 Å². The van der Waals surface area contributed by atoms with Crippen LogP contribution in [0.15, 0.2) is 82.0 Å². The second-order valence-corrected chi connectivity index (χ2v) is 13.3. The van der Waals surface area contributed by atoms with Crippen molar-refractivity contribution in [1.29, 1.82) is 0 Å². The first-order valence-electron chi connectivity index (χ1n) is 16.0. The Morgan fingerprint density at radius 1 is 0.980 bits per heavy atom. The van der Waals surface area contributed by atoms with Crippen LogP contribution in [0.25, 0.3) is 28.1 Å². The number of urea groups is 1. The summed E-state index contributed by atoms with van der Waals surface area (Å²) in [4.78, 5) is 53.4. The van der Waals surface area contributed by atoms with Gasteiger partial charge in [-0.2, -0.15) is 0 Å². The average Bonchev–Trinajstić information content (AvgIpc) is 3.51. The smallest absolute Gasteiger partial charge is 0.323 e. The Hall–Kier alpha value is -6.12. The minimum atomic E-state index is -2.95.